The Morgan fingerprint density at radius 2 is 2.31 bits per heavy atom. The standard InChI is InChI=1S/C9H9N5OS/c1-5-12-9(16-14-5)13-8(15)7-3-2-6(10)4-11-7/h2-4H,10H2,1H3,(H,12,13,14,15). The quantitative estimate of drug-likeness (QED) is 0.812. The van der Waals surface area contributed by atoms with Gasteiger partial charge in [0.15, 0.2) is 0 Å². The number of carbonyl (C=O) groups is 1. The number of amides is 1. The predicted molar refractivity (Wildman–Crippen MR) is 61.2 cm³/mol. The van der Waals surface area contributed by atoms with Crippen molar-refractivity contribution in [1.82, 2.24) is 14.3 Å². The molecule has 0 aromatic carbocycles. The van der Waals surface area contributed by atoms with Crippen molar-refractivity contribution in [2.75, 3.05) is 11.1 Å². The molecular formula is C9H9N5OS. The van der Waals surface area contributed by atoms with Crippen LogP contribution in [0.5, 0.6) is 0 Å². The van der Waals surface area contributed by atoms with Crippen LogP contribution in [0.4, 0.5) is 10.8 Å². The molecule has 3 N–H and O–H groups in total. The number of aromatic nitrogens is 3. The monoisotopic (exact) mass is 235 g/mol. The Hall–Kier alpha value is -2.02. The van der Waals surface area contributed by atoms with Gasteiger partial charge in [0.2, 0.25) is 5.13 Å². The maximum atomic E-state index is 11.7. The number of hydrogen-bond donors (Lipinski definition) is 2. The molecule has 0 radical (unpaired) electrons. The van der Waals surface area contributed by atoms with Crippen LogP contribution < -0.4 is 11.1 Å². The van der Waals surface area contributed by atoms with E-state index in [0.717, 1.165) is 11.5 Å². The van der Waals surface area contributed by atoms with Crippen molar-refractivity contribution in [2.24, 2.45) is 0 Å². The Bertz CT molecular complexity index is 507. The molecule has 2 aromatic rings. The van der Waals surface area contributed by atoms with Gasteiger partial charge >= 0.3 is 0 Å². The highest BCUT2D eigenvalue weighted by Gasteiger charge is 2.09. The highest BCUT2D eigenvalue weighted by molar-refractivity contribution is 7.09. The largest absolute Gasteiger partial charge is 0.397 e. The van der Waals surface area contributed by atoms with Crippen molar-refractivity contribution in [3.05, 3.63) is 29.8 Å². The molecule has 0 saturated carbocycles. The molecule has 0 aliphatic heterocycles. The average Bonchev–Trinajstić information content (AvgIpc) is 2.65. The fraction of sp³-hybridized carbons (Fsp3) is 0.111. The molecule has 0 spiro atoms. The van der Waals surface area contributed by atoms with Crippen LogP contribution in [0.15, 0.2) is 18.3 Å². The lowest BCUT2D eigenvalue weighted by Gasteiger charge is -2.00. The number of nitrogens with two attached hydrogens (primary N) is 1. The van der Waals surface area contributed by atoms with E-state index >= 15 is 0 Å². The third-order valence-corrected chi connectivity index (χ3v) is 2.49. The van der Waals surface area contributed by atoms with Gasteiger partial charge in [0.25, 0.3) is 5.91 Å². The van der Waals surface area contributed by atoms with Crippen molar-refractivity contribution in [3.63, 3.8) is 0 Å². The second-order valence-electron chi connectivity index (χ2n) is 3.08. The number of pyridine rings is 1. The second kappa shape index (κ2) is 4.23. The summed E-state index contributed by atoms with van der Waals surface area (Å²) in [5.74, 6) is 0.307. The molecule has 7 heteroatoms. The summed E-state index contributed by atoms with van der Waals surface area (Å²) >= 11 is 1.13. The van der Waals surface area contributed by atoms with E-state index in [-0.39, 0.29) is 5.91 Å². The van der Waals surface area contributed by atoms with Crippen molar-refractivity contribution in [1.29, 1.82) is 0 Å². The fourth-order valence-electron chi connectivity index (χ4n) is 1.05. The number of rotatable bonds is 2. The van der Waals surface area contributed by atoms with Crippen molar-refractivity contribution >= 4 is 28.3 Å². The Morgan fingerprint density at radius 1 is 1.50 bits per heavy atom. The lowest BCUT2D eigenvalue weighted by Crippen LogP contribution is -2.13. The van der Waals surface area contributed by atoms with Gasteiger partial charge in [-0.2, -0.15) is 4.37 Å². The molecule has 16 heavy (non-hydrogen) atoms. The molecule has 0 atom stereocenters. The first-order chi connectivity index (χ1) is 7.65. The minimum Gasteiger partial charge on any atom is -0.397 e. The number of nitrogens with zero attached hydrogens (tertiary/aromatic N) is 3. The van der Waals surface area contributed by atoms with Gasteiger partial charge in [0.1, 0.15) is 11.5 Å². The highest BCUT2D eigenvalue weighted by Crippen LogP contribution is 2.11. The molecule has 0 saturated heterocycles. The number of nitrogens with one attached hydrogen (secondary N) is 1. The zero-order valence-electron chi connectivity index (χ0n) is 8.47. The average molecular weight is 235 g/mol. The zero-order chi connectivity index (χ0) is 11.5. The Labute approximate surface area is 95.7 Å². The molecule has 1 amide bonds. The first kappa shape index (κ1) is 10.5. The number of hydrogen-bond acceptors (Lipinski definition) is 6. The number of nitrogen functional groups attached to an aromatic ring is 1. The third kappa shape index (κ3) is 2.31. The number of anilines is 2. The summed E-state index contributed by atoms with van der Waals surface area (Å²) in [6, 6.07) is 3.17. The molecule has 2 aromatic heterocycles. The molecule has 0 unspecified atom stereocenters. The van der Waals surface area contributed by atoms with Crippen molar-refractivity contribution in [3.8, 4) is 0 Å². The maximum absolute atomic E-state index is 11.7. The minimum absolute atomic E-state index is 0.294. The highest BCUT2D eigenvalue weighted by atomic mass is 32.1. The first-order valence-corrected chi connectivity index (χ1v) is 5.25. The number of aryl methyl sites for hydroxylation is 1. The van der Waals surface area contributed by atoms with Crippen LogP contribution in [0.25, 0.3) is 0 Å². The SMILES string of the molecule is Cc1nsc(NC(=O)c2ccc(N)cn2)n1. The van der Waals surface area contributed by atoms with Crippen LogP contribution in [0.1, 0.15) is 16.3 Å². The van der Waals surface area contributed by atoms with E-state index in [1.165, 1.54) is 6.20 Å². The van der Waals surface area contributed by atoms with Gasteiger partial charge in [-0.05, 0) is 19.1 Å². The zero-order valence-corrected chi connectivity index (χ0v) is 9.28. The van der Waals surface area contributed by atoms with E-state index in [9.17, 15) is 4.79 Å². The molecule has 0 aliphatic rings. The summed E-state index contributed by atoms with van der Waals surface area (Å²) < 4.78 is 3.95. The summed E-state index contributed by atoms with van der Waals surface area (Å²) in [7, 11) is 0. The third-order valence-electron chi connectivity index (χ3n) is 1.77. The molecule has 6 nitrogen and oxygen atoms in total. The van der Waals surface area contributed by atoms with Crippen LogP contribution >= 0.6 is 11.5 Å². The summed E-state index contributed by atoms with van der Waals surface area (Å²) in [5.41, 5.74) is 6.28. The van der Waals surface area contributed by atoms with Gasteiger partial charge in [0.05, 0.1) is 11.9 Å². The smallest absolute Gasteiger partial charge is 0.276 e. The van der Waals surface area contributed by atoms with Crippen LogP contribution in [0.2, 0.25) is 0 Å². The second-order valence-corrected chi connectivity index (χ2v) is 3.83. The van der Waals surface area contributed by atoms with Gasteiger partial charge in [-0.3, -0.25) is 10.1 Å². The normalized spacial score (nSPS) is 10.1. The molecule has 82 valence electrons. The van der Waals surface area contributed by atoms with Gasteiger partial charge in [0, 0.05) is 11.5 Å². The minimum atomic E-state index is -0.323. The van der Waals surface area contributed by atoms with E-state index in [1.54, 1.807) is 19.1 Å². The van der Waals surface area contributed by atoms with Crippen molar-refractivity contribution < 1.29 is 4.79 Å². The first-order valence-electron chi connectivity index (χ1n) is 4.48. The molecule has 2 rings (SSSR count). The topological polar surface area (TPSA) is 93.8 Å². The maximum Gasteiger partial charge on any atom is 0.276 e. The molecule has 0 aliphatic carbocycles. The van der Waals surface area contributed by atoms with Gasteiger partial charge in [-0.25, -0.2) is 9.97 Å². The van der Waals surface area contributed by atoms with Crippen LogP contribution in [-0.2, 0) is 0 Å². The molecule has 0 fully saturated rings. The van der Waals surface area contributed by atoms with Crippen molar-refractivity contribution in [2.45, 2.75) is 6.92 Å². The lowest BCUT2D eigenvalue weighted by molar-refractivity contribution is 0.102. The summed E-state index contributed by atoms with van der Waals surface area (Å²) in [6.07, 6.45) is 1.43. The van der Waals surface area contributed by atoms with E-state index < -0.39 is 0 Å². The van der Waals surface area contributed by atoms with Crippen LogP contribution in [-0.4, -0.2) is 20.2 Å². The van der Waals surface area contributed by atoms with Gasteiger partial charge < -0.3 is 5.73 Å². The van der Waals surface area contributed by atoms with E-state index in [1.807, 2.05) is 0 Å². The van der Waals surface area contributed by atoms with Crippen LogP contribution in [0, 0.1) is 6.92 Å². The lowest BCUT2D eigenvalue weighted by atomic mass is 10.3. The molecule has 2 heterocycles. The van der Waals surface area contributed by atoms with Gasteiger partial charge in [-0.15, -0.1) is 0 Å². The van der Waals surface area contributed by atoms with E-state index in [4.69, 9.17) is 5.73 Å². The number of carbonyl (C=O) groups excluding carboxylic acids is 1. The predicted octanol–water partition coefficient (Wildman–Crippen LogP) is 1.08. The Kier molecular flexibility index (Phi) is 2.78. The summed E-state index contributed by atoms with van der Waals surface area (Å²) in [5, 5.41) is 3.06. The van der Waals surface area contributed by atoms with Gasteiger partial charge in [-0.1, -0.05) is 0 Å². The summed E-state index contributed by atoms with van der Waals surface area (Å²) in [4.78, 5) is 19.6. The molecular weight excluding hydrogens is 226 g/mol. The van der Waals surface area contributed by atoms with Crippen LogP contribution in [0.3, 0.4) is 0 Å². The fourth-order valence-corrected chi connectivity index (χ4v) is 1.62. The van der Waals surface area contributed by atoms with E-state index in [0.29, 0.717) is 22.3 Å². The Morgan fingerprint density at radius 3 is 2.88 bits per heavy atom. The molecule has 0 bridgehead atoms. The Balaban J connectivity index is 2.11. The summed E-state index contributed by atoms with van der Waals surface area (Å²) in [6.45, 7) is 1.76. The van der Waals surface area contributed by atoms with E-state index in [2.05, 4.69) is 19.7 Å².